The zero-order valence-corrected chi connectivity index (χ0v) is 18.5. The summed E-state index contributed by atoms with van der Waals surface area (Å²) in [6.45, 7) is 9.30. The Kier molecular flexibility index (Phi) is 5.14. The predicted octanol–water partition coefficient (Wildman–Crippen LogP) is 4.48. The van der Waals surface area contributed by atoms with Gasteiger partial charge in [-0.3, -0.25) is 4.90 Å². The Bertz CT molecular complexity index is 991. The lowest BCUT2D eigenvalue weighted by molar-refractivity contribution is -0.0299. The fourth-order valence-electron chi connectivity index (χ4n) is 4.93. The normalized spacial score (nSPS) is 19.1. The average molecular weight is 406 g/mol. The number of hydrogen-bond donors (Lipinski definition) is 1. The Morgan fingerprint density at radius 2 is 1.77 bits per heavy atom. The number of piperidine rings is 1. The van der Waals surface area contributed by atoms with Crippen LogP contribution in [-0.4, -0.2) is 48.1 Å². The molecule has 0 aliphatic carbocycles. The minimum absolute atomic E-state index is 0.169. The van der Waals surface area contributed by atoms with Crippen LogP contribution in [0.1, 0.15) is 46.2 Å². The summed E-state index contributed by atoms with van der Waals surface area (Å²) in [5.41, 5.74) is 3.49. The van der Waals surface area contributed by atoms with Crippen molar-refractivity contribution in [3.05, 3.63) is 54.5 Å². The maximum atomic E-state index is 10.5. The first-order chi connectivity index (χ1) is 14.2. The van der Waals surface area contributed by atoms with E-state index in [1.54, 1.807) is 16.9 Å². The van der Waals surface area contributed by atoms with E-state index in [9.17, 15) is 5.11 Å². The minimum Gasteiger partial charge on any atom is -0.507 e. The van der Waals surface area contributed by atoms with Crippen molar-refractivity contribution in [2.45, 2.75) is 58.0 Å². The van der Waals surface area contributed by atoms with Gasteiger partial charge in [0.1, 0.15) is 5.75 Å². The zero-order chi connectivity index (χ0) is 21.5. The molecule has 6 heteroatoms. The van der Waals surface area contributed by atoms with Gasteiger partial charge in [-0.1, -0.05) is 0 Å². The molecule has 1 aliphatic rings. The summed E-state index contributed by atoms with van der Waals surface area (Å²) in [6.07, 6.45) is 6.77. The van der Waals surface area contributed by atoms with E-state index in [1.165, 1.54) is 0 Å². The van der Waals surface area contributed by atoms with Crippen LogP contribution in [0.4, 0.5) is 0 Å². The van der Waals surface area contributed by atoms with Gasteiger partial charge in [-0.2, -0.15) is 15.3 Å². The maximum absolute atomic E-state index is 10.5. The van der Waals surface area contributed by atoms with Crippen molar-refractivity contribution in [1.29, 1.82) is 0 Å². The van der Waals surface area contributed by atoms with Gasteiger partial charge in [0, 0.05) is 35.1 Å². The van der Waals surface area contributed by atoms with Gasteiger partial charge in [-0.05, 0) is 90.3 Å². The third-order valence-corrected chi connectivity index (χ3v) is 6.64. The lowest BCUT2D eigenvalue weighted by Crippen LogP contribution is -2.58. The summed E-state index contributed by atoms with van der Waals surface area (Å²) < 4.78 is 1.71. The molecule has 158 valence electrons. The van der Waals surface area contributed by atoms with E-state index in [0.29, 0.717) is 17.2 Å². The van der Waals surface area contributed by atoms with Crippen molar-refractivity contribution < 1.29 is 5.11 Å². The number of likely N-dealkylation sites (tertiary alicyclic amines) is 1. The summed E-state index contributed by atoms with van der Waals surface area (Å²) in [5, 5.41) is 23.6. The monoisotopic (exact) mass is 405 g/mol. The van der Waals surface area contributed by atoms with Crippen molar-refractivity contribution in [3.8, 4) is 22.7 Å². The highest BCUT2D eigenvalue weighted by Gasteiger charge is 2.42. The van der Waals surface area contributed by atoms with Crippen molar-refractivity contribution >= 4 is 0 Å². The van der Waals surface area contributed by atoms with Gasteiger partial charge in [-0.25, -0.2) is 4.68 Å². The molecule has 1 fully saturated rings. The molecule has 3 heterocycles. The van der Waals surface area contributed by atoms with Crippen molar-refractivity contribution in [3.63, 3.8) is 0 Å². The van der Waals surface area contributed by atoms with E-state index >= 15 is 0 Å². The van der Waals surface area contributed by atoms with Gasteiger partial charge in [0.25, 0.3) is 0 Å². The Hall–Kier alpha value is -2.73. The Balaban J connectivity index is 1.50. The molecular formula is C24H31N5O. The zero-order valence-electron chi connectivity index (χ0n) is 18.5. The smallest absolute Gasteiger partial charge is 0.127 e. The highest BCUT2D eigenvalue weighted by molar-refractivity contribution is 5.68. The molecule has 6 nitrogen and oxygen atoms in total. The van der Waals surface area contributed by atoms with Gasteiger partial charge >= 0.3 is 0 Å². The molecule has 0 saturated carbocycles. The van der Waals surface area contributed by atoms with E-state index in [-0.39, 0.29) is 16.8 Å². The Labute approximate surface area is 178 Å². The first kappa shape index (κ1) is 20.5. The predicted molar refractivity (Wildman–Crippen MR) is 119 cm³/mol. The van der Waals surface area contributed by atoms with E-state index in [4.69, 9.17) is 0 Å². The number of hydrogen-bond acceptors (Lipinski definition) is 5. The Morgan fingerprint density at radius 3 is 2.33 bits per heavy atom. The number of aromatic nitrogens is 4. The Morgan fingerprint density at radius 1 is 1.03 bits per heavy atom. The van der Waals surface area contributed by atoms with Crippen LogP contribution in [0.25, 0.3) is 16.9 Å². The minimum atomic E-state index is 0.169. The van der Waals surface area contributed by atoms with Crippen LogP contribution in [0.5, 0.6) is 5.75 Å². The summed E-state index contributed by atoms with van der Waals surface area (Å²) in [4.78, 5) is 2.50. The molecule has 2 aromatic heterocycles. The number of phenolic OH excluding ortho intramolecular Hbond substituents is 1. The SMILES string of the molecule is CN1C(C)(C)CC(Cc2ccc(-c3ccc(-n4cccn4)cc3O)nn2)CC1(C)C. The molecule has 0 amide bonds. The van der Waals surface area contributed by atoms with Crippen molar-refractivity contribution in [1.82, 2.24) is 24.9 Å². The molecule has 0 bridgehead atoms. The third kappa shape index (κ3) is 3.97. The molecule has 3 aromatic rings. The lowest BCUT2D eigenvalue weighted by atomic mass is 9.72. The molecule has 0 radical (unpaired) electrons. The summed E-state index contributed by atoms with van der Waals surface area (Å²) in [7, 11) is 2.23. The number of benzene rings is 1. The summed E-state index contributed by atoms with van der Waals surface area (Å²) in [5.74, 6) is 0.747. The topological polar surface area (TPSA) is 67.1 Å². The largest absolute Gasteiger partial charge is 0.507 e. The molecule has 0 atom stereocenters. The fraction of sp³-hybridized carbons (Fsp3) is 0.458. The molecule has 0 spiro atoms. The van der Waals surface area contributed by atoms with Crippen LogP contribution in [0.3, 0.4) is 0 Å². The summed E-state index contributed by atoms with van der Waals surface area (Å²) in [6, 6.07) is 11.3. The van der Waals surface area contributed by atoms with E-state index in [2.05, 4.69) is 54.9 Å². The molecule has 30 heavy (non-hydrogen) atoms. The van der Waals surface area contributed by atoms with Gasteiger partial charge in [0.05, 0.1) is 17.1 Å². The second-order valence-corrected chi connectivity index (χ2v) is 9.72. The fourth-order valence-corrected chi connectivity index (χ4v) is 4.93. The second-order valence-electron chi connectivity index (χ2n) is 9.72. The molecule has 0 unspecified atom stereocenters. The van der Waals surface area contributed by atoms with E-state index in [0.717, 1.165) is 30.6 Å². The first-order valence-corrected chi connectivity index (χ1v) is 10.6. The quantitative estimate of drug-likeness (QED) is 0.693. The highest BCUT2D eigenvalue weighted by atomic mass is 16.3. The van der Waals surface area contributed by atoms with Crippen LogP contribution >= 0.6 is 0 Å². The van der Waals surface area contributed by atoms with Crippen LogP contribution in [0.2, 0.25) is 0 Å². The number of rotatable bonds is 4. The van der Waals surface area contributed by atoms with Gasteiger partial charge in [-0.15, -0.1) is 0 Å². The van der Waals surface area contributed by atoms with Gasteiger partial charge < -0.3 is 5.11 Å². The van der Waals surface area contributed by atoms with E-state index in [1.807, 2.05) is 36.5 Å². The molecule has 1 saturated heterocycles. The molecule has 1 aromatic carbocycles. The maximum Gasteiger partial charge on any atom is 0.127 e. The first-order valence-electron chi connectivity index (χ1n) is 10.6. The molecule has 1 aliphatic heterocycles. The highest BCUT2D eigenvalue weighted by Crippen LogP contribution is 2.41. The second kappa shape index (κ2) is 7.51. The van der Waals surface area contributed by atoms with E-state index < -0.39 is 0 Å². The number of aromatic hydroxyl groups is 1. The third-order valence-electron chi connectivity index (χ3n) is 6.64. The lowest BCUT2D eigenvalue weighted by Gasteiger charge is -2.53. The van der Waals surface area contributed by atoms with Crippen LogP contribution < -0.4 is 0 Å². The summed E-state index contributed by atoms with van der Waals surface area (Å²) >= 11 is 0. The molecule has 4 rings (SSSR count). The van der Waals surface area contributed by atoms with Crippen molar-refractivity contribution in [2.75, 3.05) is 7.05 Å². The average Bonchev–Trinajstić information content (AvgIpc) is 3.21. The van der Waals surface area contributed by atoms with Gasteiger partial charge in [0.15, 0.2) is 0 Å². The van der Waals surface area contributed by atoms with Crippen LogP contribution in [0, 0.1) is 5.92 Å². The standard InChI is InChI=1S/C24H31N5O/c1-23(2)15-17(16-24(3,4)28(23)5)13-18-7-10-21(27-26-18)20-9-8-19(14-22(20)30)29-12-6-11-25-29/h6-12,14,17,30H,13,15-16H2,1-5H3. The number of nitrogens with zero attached hydrogens (tertiary/aromatic N) is 5. The molecular weight excluding hydrogens is 374 g/mol. The van der Waals surface area contributed by atoms with Crippen LogP contribution in [0.15, 0.2) is 48.8 Å². The van der Waals surface area contributed by atoms with Crippen LogP contribution in [-0.2, 0) is 6.42 Å². The number of phenols is 1. The molecule has 1 N–H and O–H groups in total. The van der Waals surface area contributed by atoms with Crippen molar-refractivity contribution in [2.24, 2.45) is 5.92 Å². The van der Waals surface area contributed by atoms with Gasteiger partial charge in [0.2, 0.25) is 0 Å².